The van der Waals surface area contributed by atoms with Crippen LogP contribution >= 0.6 is 27.3 Å². The van der Waals surface area contributed by atoms with Gasteiger partial charge in [0.1, 0.15) is 0 Å². The third kappa shape index (κ3) is 3.56. The first-order valence-electron chi connectivity index (χ1n) is 6.35. The van der Waals surface area contributed by atoms with Crippen molar-refractivity contribution in [2.45, 2.75) is 44.7 Å². The molecule has 1 aliphatic rings. The van der Waals surface area contributed by atoms with E-state index in [2.05, 4.69) is 33.5 Å². The van der Waals surface area contributed by atoms with E-state index in [9.17, 15) is 4.79 Å². The minimum Gasteiger partial charge on any atom is -0.353 e. The highest BCUT2D eigenvalue weighted by Crippen LogP contribution is 2.28. The molecule has 1 aromatic rings. The summed E-state index contributed by atoms with van der Waals surface area (Å²) in [5.74, 6) is 0.0786. The monoisotopic (exact) mass is 330 g/mol. The zero-order valence-electron chi connectivity index (χ0n) is 10.7. The van der Waals surface area contributed by atoms with Crippen molar-refractivity contribution in [1.82, 2.24) is 10.6 Å². The second kappa shape index (κ2) is 6.17. The van der Waals surface area contributed by atoms with Gasteiger partial charge in [-0.15, -0.1) is 11.3 Å². The molecule has 3 atom stereocenters. The standard InChI is InChI=1S/C13H19BrN2OS/c1-8-7-10(5-6-15-8)16-13(17)9(2)11-3-4-12(14)18-11/h3-4,8-10,15H,5-7H2,1-2H3,(H,16,17). The Bertz CT molecular complexity index is 421. The molecule has 18 heavy (non-hydrogen) atoms. The molecule has 1 aromatic heterocycles. The summed E-state index contributed by atoms with van der Waals surface area (Å²) in [7, 11) is 0. The molecule has 0 saturated carbocycles. The van der Waals surface area contributed by atoms with Gasteiger partial charge in [-0.1, -0.05) is 0 Å². The molecule has 0 spiro atoms. The van der Waals surface area contributed by atoms with E-state index in [1.54, 1.807) is 11.3 Å². The van der Waals surface area contributed by atoms with Crippen molar-refractivity contribution < 1.29 is 4.79 Å². The van der Waals surface area contributed by atoms with Gasteiger partial charge in [0.15, 0.2) is 0 Å². The number of halogens is 1. The molecule has 2 N–H and O–H groups in total. The topological polar surface area (TPSA) is 41.1 Å². The van der Waals surface area contributed by atoms with E-state index >= 15 is 0 Å². The zero-order valence-corrected chi connectivity index (χ0v) is 13.1. The second-order valence-corrected chi connectivity index (χ2v) is 7.44. The third-order valence-electron chi connectivity index (χ3n) is 3.38. The Hall–Kier alpha value is -0.390. The number of hydrogen-bond donors (Lipinski definition) is 2. The van der Waals surface area contributed by atoms with Crippen LogP contribution in [0.5, 0.6) is 0 Å². The van der Waals surface area contributed by atoms with Gasteiger partial charge in [-0.2, -0.15) is 0 Å². The van der Waals surface area contributed by atoms with Gasteiger partial charge in [0.2, 0.25) is 5.91 Å². The molecule has 0 radical (unpaired) electrons. The van der Waals surface area contributed by atoms with E-state index < -0.39 is 0 Å². The van der Waals surface area contributed by atoms with Crippen LogP contribution in [0.15, 0.2) is 15.9 Å². The fourth-order valence-electron chi connectivity index (χ4n) is 2.28. The Morgan fingerprint density at radius 3 is 3.00 bits per heavy atom. The van der Waals surface area contributed by atoms with Crippen LogP contribution < -0.4 is 10.6 Å². The van der Waals surface area contributed by atoms with Crippen LogP contribution in [-0.2, 0) is 4.79 Å². The molecule has 100 valence electrons. The average molecular weight is 331 g/mol. The molecule has 1 amide bonds. The summed E-state index contributed by atoms with van der Waals surface area (Å²) < 4.78 is 1.08. The molecule has 3 unspecified atom stereocenters. The van der Waals surface area contributed by atoms with Crippen LogP contribution in [0.4, 0.5) is 0 Å². The molecule has 3 nitrogen and oxygen atoms in total. The van der Waals surface area contributed by atoms with Gasteiger partial charge in [0.05, 0.1) is 9.70 Å². The van der Waals surface area contributed by atoms with Crippen LogP contribution in [0.2, 0.25) is 0 Å². The van der Waals surface area contributed by atoms with Gasteiger partial charge in [0, 0.05) is 17.0 Å². The SMILES string of the molecule is CC1CC(NC(=O)C(C)c2ccc(Br)s2)CCN1. The number of carbonyl (C=O) groups is 1. The van der Waals surface area contributed by atoms with Gasteiger partial charge < -0.3 is 10.6 Å². The molecule has 5 heteroatoms. The normalized spacial score (nSPS) is 25.7. The molecule has 0 bridgehead atoms. The number of thiophene rings is 1. The Labute approximate surface area is 120 Å². The molecule has 1 saturated heterocycles. The van der Waals surface area contributed by atoms with Gasteiger partial charge in [0.25, 0.3) is 0 Å². The summed E-state index contributed by atoms with van der Waals surface area (Å²) in [5.41, 5.74) is 0. The Morgan fingerprint density at radius 2 is 2.39 bits per heavy atom. The van der Waals surface area contributed by atoms with Crippen molar-refractivity contribution in [2.75, 3.05) is 6.54 Å². The van der Waals surface area contributed by atoms with Crippen molar-refractivity contribution >= 4 is 33.2 Å². The van der Waals surface area contributed by atoms with E-state index in [4.69, 9.17) is 0 Å². The van der Waals surface area contributed by atoms with Gasteiger partial charge >= 0.3 is 0 Å². The molecule has 1 fully saturated rings. The van der Waals surface area contributed by atoms with Crippen LogP contribution in [0.1, 0.15) is 37.5 Å². The number of amides is 1. The number of carbonyl (C=O) groups excluding carboxylic acids is 1. The van der Waals surface area contributed by atoms with Crippen molar-refractivity contribution in [2.24, 2.45) is 0 Å². The molecule has 2 heterocycles. The van der Waals surface area contributed by atoms with Gasteiger partial charge in [-0.3, -0.25) is 4.79 Å². The number of rotatable bonds is 3. The zero-order chi connectivity index (χ0) is 13.1. The van der Waals surface area contributed by atoms with E-state index in [1.807, 2.05) is 19.1 Å². The van der Waals surface area contributed by atoms with Crippen LogP contribution in [-0.4, -0.2) is 24.5 Å². The summed E-state index contributed by atoms with van der Waals surface area (Å²) in [6.07, 6.45) is 2.05. The molecular weight excluding hydrogens is 312 g/mol. The highest BCUT2D eigenvalue weighted by Gasteiger charge is 2.23. The predicted molar refractivity (Wildman–Crippen MR) is 79.1 cm³/mol. The highest BCUT2D eigenvalue weighted by molar-refractivity contribution is 9.11. The first kappa shape index (κ1) is 14.0. The maximum Gasteiger partial charge on any atom is 0.228 e. The summed E-state index contributed by atoms with van der Waals surface area (Å²) in [4.78, 5) is 13.3. The fraction of sp³-hybridized carbons (Fsp3) is 0.615. The van der Waals surface area contributed by atoms with Crippen LogP contribution in [0.3, 0.4) is 0 Å². The van der Waals surface area contributed by atoms with E-state index in [0.29, 0.717) is 12.1 Å². The second-order valence-electron chi connectivity index (χ2n) is 4.95. The third-order valence-corrected chi connectivity index (χ3v) is 5.19. The summed E-state index contributed by atoms with van der Waals surface area (Å²) in [5, 5.41) is 6.56. The maximum absolute atomic E-state index is 12.2. The largest absolute Gasteiger partial charge is 0.353 e. The summed E-state index contributed by atoms with van der Waals surface area (Å²) >= 11 is 5.06. The van der Waals surface area contributed by atoms with Crippen LogP contribution in [0.25, 0.3) is 0 Å². The molecule has 0 aromatic carbocycles. The van der Waals surface area contributed by atoms with Crippen molar-refractivity contribution in [1.29, 1.82) is 0 Å². The maximum atomic E-state index is 12.2. The first-order valence-corrected chi connectivity index (χ1v) is 7.96. The lowest BCUT2D eigenvalue weighted by atomic mass is 9.99. The van der Waals surface area contributed by atoms with Crippen molar-refractivity contribution in [3.05, 3.63) is 20.8 Å². The molecule has 0 aliphatic carbocycles. The first-order chi connectivity index (χ1) is 8.56. The number of hydrogen-bond acceptors (Lipinski definition) is 3. The molecule has 1 aliphatic heterocycles. The Morgan fingerprint density at radius 1 is 1.61 bits per heavy atom. The predicted octanol–water partition coefficient (Wildman–Crippen LogP) is 2.87. The minimum atomic E-state index is -0.0634. The van der Waals surface area contributed by atoms with Crippen molar-refractivity contribution in [3.63, 3.8) is 0 Å². The lowest BCUT2D eigenvalue weighted by molar-refractivity contribution is -0.123. The van der Waals surface area contributed by atoms with E-state index in [0.717, 1.165) is 28.0 Å². The van der Waals surface area contributed by atoms with Crippen molar-refractivity contribution in [3.8, 4) is 0 Å². The summed E-state index contributed by atoms with van der Waals surface area (Å²) in [6.45, 7) is 5.13. The molecular formula is C13H19BrN2OS. The summed E-state index contributed by atoms with van der Waals surface area (Å²) in [6, 6.07) is 4.83. The Kier molecular flexibility index (Phi) is 4.81. The lowest BCUT2D eigenvalue weighted by Gasteiger charge is -2.29. The number of piperidine rings is 1. The lowest BCUT2D eigenvalue weighted by Crippen LogP contribution is -2.47. The quantitative estimate of drug-likeness (QED) is 0.894. The van der Waals surface area contributed by atoms with E-state index in [-0.39, 0.29) is 11.8 Å². The van der Waals surface area contributed by atoms with E-state index in [1.165, 1.54) is 0 Å². The van der Waals surface area contributed by atoms with Crippen LogP contribution in [0, 0.1) is 0 Å². The fourth-order valence-corrected chi connectivity index (χ4v) is 3.75. The smallest absolute Gasteiger partial charge is 0.228 e. The average Bonchev–Trinajstić information content (AvgIpc) is 2.75. The minimum absolute atomic E-state index is 0.0634. The van der Waals surface area contributed by atoms with Gasteiger partial charge in [-0.25, -0.2) is 0 Å². The number of nitrogens with one attached hydrogen (secondary N) is 2. The molecule has 2 rings (SSSR count). The van der Waals surface area contributed by atoms with Gasteiger partial charge in [-0.05, 0) is 61.3 Å². The highest BCUT2D eigenvalue weighted by atomic mass is 79.9. The Balaban J connectivity index is 1.91.